The van der Waals surface area contributed by atoms with Gasteiger partial charge in [0.1, 0.15) is 11.5 Å². The third-order valence-electron chi connectivity index (χ3n) is 2.90. The molecule has 0 aliphatic carbocycles. The number of rotatable bonds is 7. The van der Waals surface area contributed by atoms with Gasteiger partial charge in [0.25, 0.3) is 0 Å². The van der Waals surface area contributed by atoms with E-state index >= 15 is 0 Å². The molecule has 1 atom stereocenters. The van der Waals surface area contributed by atoms with Crippen LogP contribution in [0.2, 0.25) is 0 Å². The van der Waals surface area contributed by atoms with Crippen molar-refractivity contribution in [3.63, 3.8) is 0 Å². The average Bonchev–Trinajstić information content (AvgIpc) is 2.36. The van der Waals surface area contributed by atoms with Crippen LogP contribution in [0.4, 0.5) is 0 Å². The van der Waals surface area contributed by atoms with Gasteiger partial charge in [0, 0.05) is 24.2 Å². The molecule has 1 aromatic carbocycles. The molecule has 0 aliphatic rings. The van der Waals surface area contributed by atoms with Gasteiger partial charge < -0.3 is 20.1 Å². The number of nitrogens with zero attached hydrogens (tertiary/aromatic N) is 1. The highest BCUT2D eigenvalue weighted by Crippen LogP contribution is 2.25. The summed E-state index contributed by atoms with van der Waals surface area (Å²) >= 11 is 0. The van der Waals surface area contributed by atoms with Crippen molar-refractivity contribution in [1.29, 1.82) is 0 Å². The van der Waals surface area contributed by atoms with E-state index in [2.05, 4.69) is 11.9 Å². The highest BCUT2D eigenvalue weighted by molar-refractivity contribution is 5.40. The summed E-state index contributed by atoms with van der Waals surface area (Å²) in [4.78, 5) is 2.24. The molecule has 1 unspecified atom stereocenters. The van der Waals surface area contributed by atoms with Crippen molar-refractivity contribution in [2.75, 3.05) is 27.8 Å². The van der Waals surface area contributed by atoms with Gasteiger partial charge in [-0.2, -0.15) is 0 Å². The molecule has 0 bridgehead atoms. The second-order valence-corrected chi connectivity index (χ2v) is 4.68. The van der Waals surface area contributed by atoms with E-state index in [0.717, 1.165) is 36.6 Å². The number of nitrogens with two attached hydrogens (primary N) is 1. The fraction of sp³-hybridized carbons (Fsp3) is 0.571. The van der Waals surface area contributed by atoms with Gasteiger partial charge >= 0.3 is 0 Å². The fourth-order valence-electron chi connectivity index (χ4n) is 1.78. The lowest BCUT2D eigenvalue weighted by Crippen LogP contribution is -2.25. The summed E-state index contributed by atoms with van der Waals surface area (Å²) < 4.78 is 10.6. The van der Waals surface area contributed by atoms with E-state index in [1.54, 1.807) is 14.2 Å². The highest BCUT2D eigenvalue weighted by atomic mass is 16.5. The van der Waals surface area contributed by atoms with Gasteiger partial charge in [-0.3, -0.25) is 0 Å². The summed E-state index contributed by atoms with van der Waals surface area (Å²) in [5.41, 5.74) is 6.92. The lowest BCUT2D eigenvalue weighted by molar-refractivity contribution is 0.305. The summed E-state index contributed by atoms with van der Waals surface area (Å²) in [6.07, 6.45) is 0.995. The third-order valence-corrected chi connectivity index (χ3v) is 2.90. The van der Waals surface area contributed by atoms with Crippen molar-refractivity contribution in [3.05, 3.63) is 23.8 Å². The van der Waals surface area contributed by atoms with Crippen molar-refractivity contribution in [2.45, 2.75) is 25.9 Å². The SMILES string of the molecule is COc1ccc(CN(C)CCC(C)N)c(OC)c1. The van der Waals surface area contributed by atoms with Gasteiger partial charge in [0.15, 0.2) is 0 Å². The minimum atomic E-state index is 0.241. The molecule has 18 heavy (non-hydrogen) atoms. The first kappa shape index (κ1) is 14.8. The van der Waals surface area contributed by atoms with Gasteiger partial charge in [0.2, 0.25) is 0 Å². The molecule has 2 N–H and O–H groups in total. The number of ether oxygens (including phenoxy) is 2. The summed E-state index contributed by atoms with van der Waals surface area (Å²) in [5.74, 6) is 1.68. The van der Waals surface area contributed by atoms with Crippen molar-refractivity contribution in [2.24, 2.45) is 5.73 Å². The van der Waals surface area contributed by atoms with Crippen molar-refractivity contribution in [3.8, 4) is 11.5 Å². The molecule has 0 fully saturated rings. The summed E-state index contributed by atoms with van der Waals surface area (Å²) in [7, 11) is 5.43. The topological polar surface area (TPSA) is 47.7 Å². The van der Waals surface area contributed by atoms with Crippen LogP contribution in [-0.2, 0) is 6.54 Å². The maximum absolute atomic E-state index is 5.76. The van der Waals surface area contributed by atoms with Crippen LogP contribution in [0.1, 0.15) is 18.9 Å². The van der Waals surface area contributed by atoms with Crippen LogP contribution < -0.4 is 15.2 Å². The maximum atomic E-state index is 5.76. The zero-order valence-electron chi connectivity index (χ0n) is 11.8. The first-order chi connectivity index (χ1) is 8.56. The monoisotopic (exact) mass is 252 g/mol. The molecule has 0 aliphatic heterocycles. The molecular weight excluding hydrogens is 228 g/mol. The third kappa shape index (κ3) is 4.55. The molecule has 0 saturated carbocycles. The largest absolute Gasteiger partial charge is 0.497 e. The summed E-state index contributed by atoms with van der Waals surface area (Å²) in [6.45, 7) is 3.86. The zero-order valence-corrected chi connectivity index (χ0v) is 11.8. The number of methoxy groups -OCH3 is 2. The molecule has 0 aromatic heterocycles. The standard InChI is InChI=1S/C14H24N2O2/c1-11(15)7-8-16(2)10-12-5-6-13(17-3)9-14(12)18-4/h5-6,9,11H,7-8,10,15H2,1-4H3. The van der Waals surface area contributed by atoms with E-state index in [-0.39, 0.29) is 6.04 Å². The molecule has 1 rings (SSSR count). The molecule has 102 valence electrons. The highest BCUT2D eigenvalue weighted by Gasteiger charge is 2.08. The zero-order chi connectivity index (χ0) is 13.5. The van der Waals surface area contributed by atoms with Crippen LogP contribution in [0.25, 0.3) is 0 Å². The molecule has 0 saturated heterocycles. The predicted molar refractivity (Wildman–Crippen MR) is 74.1 cm³/mol. The van der Waals surface area contributed by atoms with Crippen LogP contribution in [0, 0.1) is 0 Å². The lowest BCUT2D eigenvalue weighted by atomic mass is 10.1. The Balaban J connectivity index is 2.65. The first-order valence-electron chi connectivity index (χ1n) is 6.21. The predicted octanol–water partition coefficient (Wildman–Crippen LogP) is 1.87. The lowest BCUT2D eigenvalue weighted by Gasteiger charge is -2.19. The van der Waals surface area contributed by atoms with Crippen LogP contribution in [-0.4, -0.2) is 38.8 Å². The fourth-order valence-corrected chi connectivity index (χ4v) is 1.78. The average molecular weight is 252 g/mol. The summed E-state index contributed by atoms with van der Waals surface area (Å²) in [6, 6.07) is 6.15. The molecular formula is C14H24N2O2. The second kappa shape index (κ2) is 7.24. The molecule has 1 aromatic rings. The molecule has 0 spiro atoms. The Morgan fingerprint density at radius 3 is 2.56 bits per heavy atom. The Kier molecular flexibility index (Phi) is 5.95. The molecule has 0 heterocycles. The quantitative estimate of drug-likeness (QED) is 0.805. The van der Waals surface area contributed by atoms with Crippen molar-refractivity contribution >= 4 is 0 Å². The second-order valence-electron chi connectivity index (χ2n) is 4.68. The Morgan fingerprint density at radius 2 is 2.00 bits per heavy atom. The van der Waals surface area contributed by atoms with Gasteiger partial charge in [-0.1, -0.05) is 6.07 Å². The number of benzene rings is 1. The Hall–Kier alpha value is -1.26. The molecule has 4 heteroatoms. The van der Waals surface area contributed by atoms with E-state index in [1.807, 2.05) is 25.1 Å². The van der Waals surface area contributed by atoms with E-state index in [0.29, 0.717) is 0 Å². The summed E-state index contributed by atoms with van der Waals surface area (Å²) in [5, 5.41) is 0. The maximum Gasteiger partial charge on any atom is 0.127 e. The Labute approximate surface area is 110 Å². The van der Waals surface area contributed by atoms with Crippen LogP contribution in [0.3, 0.4) is 0 Å². The normalized spacial score (nSPS) is 12.6. The van der Waals surface area contributed by atoms with Gasteiger partial charge in [-0.25, -0.2) is 0 Å². The van der Waals surface area contributed by atoms with E-state index in [1.165, 1.54) is 0 Å². The van der Waals surface area contributed by atoms with Gasteiger partial charge in [0.05, 0.1) is 14.2 Å². The molecule has 0 radical (unpaired) electrons. The van der Waals surface area contributed by atoms with E-state index < -0.39 is 0 Å². The van der Waals surface area contributed by atoms with Crippen molar-refractivity contribution in [1.82, 2.24) is 4.90 Å². The van der Waals surface area contributed by atoms with Gasteiger partial charge in [-0.05, 0) is 33.0 Å². The smallest absolute Gasteiger partial charge is 0.127 e. The first-order valence-corrected chi connectivity index (χ1v) is 6.21. The van der Waals surface area contributed by atoms with Crippen LogP contribution >= 0.6 is 0 Å². The minimum Gasteiger partial charge on any atom is -0.497 e. The van der Waals surface area contributed by atoms with Crippen LogP contribution in [0.15, 0.2) is 18.2 Å². The van der Waals surface area contributed by atoms with Gasteiger partial charge in [-0.15, -0.1) is 0 Å². The van der Waals surface area contributed by atoms with Crippen LogP contribution in [0.5, 0.6) is 11.5 Å². The van der Waals surface area contributed by atoms with E-state index in [4.69, 9.17) is 15.2 Å². The molecule has 4 nitrogen and oxygen atoms in total. The minimum absolute atomic E-state index is 0.241. The number of hydrogen-bond donors (Lipinski definition) is 1. The molecule has 0 amide bonds. The number of hydrogen-bond acceptors (Lipinski definition) is 4. The Morgan fingerprint density at radius 1 is 1.28 bits per heavy atom. The van der Waals surface area contributed by atoms with Crippen molar-refractivity contribution < 1.29 is 9.47 Å². The Bertz CT molecular complexity index is 367. The van der Waals surface area contributed by atoms with E-state index in [9.17, 15) is 0 Å².